The molecule has 1 aliphatic carbocycles. The first-order valence-corrected chi connectivity index (χ1v) is 15.9. The van der Waals surface area contributed by atoms with Crippen LogP contribution in [0.1, 0.15) is 12.8 Å². The van der Waals surface area contributed by atoms with Crippen molar-refractivity contribution in [2.75, 3.05) is 10.6 Å². The van der Waals surface area contributed by atoms with Gasteiger partial charge in [0.1, 0.15) is 11.5 Å². The Bertz CT molecular complexity index is 2590. The van der Waals surface area contributed by atoms with E-state index in [4.69, 9.17) is 0 Å². The molecule has 0 aliphatic heterocycles. The van der Waals surface area contributed by atoms with Crippen molar-refractivity contribution in [3.05, 3.63) is 132 Å². The van der Waals surface area contributed by atoms with Crippen molar-refractivity contribution < 1.29 is 19.8 Å². The van der Waals surface area contributed by atoms with Crippen LogP contribution in [-0.4, -0.2) is 22.0 Å². The first kappa shape index (κ1) is 29.0. The smallest absolute Gasteiger partial charge is 0.314 e. The molecule has 0 radical (unpaired) electrons. The molecule has 8 rings (SSSR count). The van der Waals surface area contributed by atoms with E-state index in [0.717, 1.165) is 55.6 Å². The molecule has 232 valence electrons. The average molecular weight is 627 g/mol. The Morgan fingerprint density at radius 2 is 0.896 bits per heavy atom. The Morgan fingerprint density at radius 1 is 0.458 bits per heavy atom. The van der Waals surface area contributed by atoms with E-state index >= 15 is 0 Å². The van der Waals surface area contributed by atoms with Crippen LogP contribution in [0, 0.1) is 0 Å². The molecule has 7 aromatic carbocycles. The minimum atomic E-state index is -0.871. The zero-order chi connectivity index (χ0) is 32.8. The maximum absolute atomic E-state index is 13.8. The van der Waals surface area contributed by atoms with Crippen molar-refractivity contribution in [2.45, 2.75) is 12.8 Å². The summed E-state index contributed by atoms with van der Waals surface area (Å²) in [6.07, 6.45) is 5.99. The maximum Gasteiger partial charge on any atom is 0.314 e. The third-order valence-electron chi connectivity index (χ3n) is 9.10. The minimum absolute atomic E-state index is 0.0610. The average Bonchev–Trinajstić information content (AvgIpc) is 3.12. The van der Waals surface area contributed by atoms with Crippen LogP contribution < -0.4 is 21.1 Å². The van der Waals surface area contributed by atoms with Gasteiger partial charge in [0.15, 0.2) is 0 Å². The molecule has 0 atom stereocenters. The van der Waals surface area contributed by atoms with E-state index in [-0.39, 0.29) is 11.5 Å². The van der Waals surface area contributed by atoms with Crippen LogP contribution in [0.3, 0.4) is 0 Å². The number of carbonyl (C=O) groups is 2. The first-order valence-electron chi connectivity index (χ1n) is 15.9. The molecule has 1 aliphatic rings. The number of rotatable bonds is 4. The SMILES string of the molecule is O=C(Nc1ccc2ccccc2c1-c1c(O)ccc2c1=CCCC=2)C(=O)Nc1ccc2ccccc2c1-c1c(O)ccc2ccccc12. The molecule has 0 bridgehead atoms. The predicted octanol–water partition coefficient (Wildman–Crippen LogP) is 7.82. The van der Waals surface area contributed by atoms with E-state index in [1.807, 2.05) is 97.1 Å². The fourth-order valence-corrected chi connectivity index (χ4v) is 6.92. The summed E-state index contributed by atoms with van der Waals surface area (Å²) in [7, 11) is 0. The molecule has 0 saturated carbocycles. The Kier molecular flexibility index (Phi) is 7.11. The number of nitrogens with one attached hydrogen (secondary N) is 2. The molecule has 6 nitrogen and oxygen atoms in total. The molecule has 0 fully saturated rings. The Balaban J connectivity index is 1.23. The van der Waals surface area contributed by atoms with Crippen LogP contribution in [0.2, 0.25) is 0 Å². The number of phenols is 2. The van der Waals surface area contributed by atoms with Gasteiger partial charge in [0.05, 0.1) is 0 Å². The van der Waals surface area contributed by atoms with Gasteiger partial charge < -0.3 is 20.8 Å². The molecule has 0 heterocycles. The number of phenolic OH excluding ortho intramolecular Hbond substituents is 2. The molecule has 0 saturated heterocycles. The molecular formula is C42H30N2O4. The van der Waals surface area contributed by atoms with Crippen LogP contribution in [0.5, 0.6) is 11.5 Å². The highest BCUT2D eigenvalue weighted by molar-refractivity contribution is 6.44. The van der Waals surface area contributed by atoms with E-state index in [2.05, 4.69) is 22.8 Å². The van der Waals surface area contributed by atoms with Gasteiger partial charge in [-0.3, -0.25) is 9.59 Å². The van der Waals surface area contributed by atoms with Crippen LogP contribution >= 0.6 is 0 Å². The summed E-state index contributed by atoms with van der Waals surface area (Å²) in [6, 6.07) is 37.6. The molecular weight excluding hydrogens is 596 g/mol. The van der Waals surface area contributed by atoms with Gasteiger partial charge in [-0.1, -0.05) is 109 Å². The lowest BCUT2D eigenvalue weighted by Gasteiger charge is -2.19. The highest BCUT2D eigenvalue weighted by Crippen LogP contribution is 2.44. The quantitative estimate of drug-likeness (QED) is 0.150. The summed E-state index contributed by atoms with van der Waals surface area (Å²) < 4.78 is 0. The molecule has 2 amide bonds. The molecule has 0 unspecified atom stereocenters. The maximum atomic E-state index is 13.8. The van der Waals surface area contributed by atoms with Crippen LogP contribution in [0.25, 0.3) is 66.7 Å². The third-order valence-corrected chi connectivity index (χ3v) is 9.10. The lowest BCUT2D eigenvalue weighted by molar-refractivity contribution is -0.132. The zero-order valence-corrected chi connectivity index (χ0v) is 25.8. The van der Waals surface area contributed by atoms with Gasteiger partial charge >= 0.3 is 11.8 Å². The predicted molar refractivity (Wildman–Crippen MR) is 194 cm³/mol. The number of benzene rings is 7. The second-order valence-corrected chi connectivity index (χ2v) is 12.0. The Hall–Kier alpha value is -6.40. The molecule has 0 aromatic heterocycles. The van der Waals surface area contributed by atoms with Crippen molar-refractivity contribution in [3.63, 3.8) is 0 Å². The molecule has 6 heteroatoms. The Labute approximate surface area is 275 Å². The van der Waals surface area contributed by atoms with Crippen molar-refractivity contribution in [2.24, 2.45) is 0 Å². The van der Waals surface area contributed by atoms with Crippen LogP contribution in [0.15, 0.2) is 121 Å². The van der Waals surface area contributed by atoms with E-state index in [9.17, 15) is 19.8 Å². The topological polar surface area (TPSA) is 98.7 Å². The second kappa shape index (κ2) is 11.8. The highest BCUT2D eigenvalue weighted by atomic mass is 16.3. The summed E-state index contributed by atoms with van der Waals surface area (Å²) in [5.41, 5.74) is 3.22. The van der Waals surface area contributed by atoms with Crippen LogP contribution in [-0.2, 0) is 9.59 Å². The normalized spacial score (nSPS) is 12.2. The van der Waals surface area contributed by atoms with E-state index in [0.29, 0.717) is 33.6 Å². The zero-order valence-electron chi connectivity index (χ0n) is 25.8. The first-order chi connectivity index (χ1) is 23.5. The number of hydrogen-bond acceptors (Lipinski definition) is 4. The van der Waals surface area contributed by atoms with Gasteiger partial charge in [-0.05, 0) is 79.9 Å². The number of amides is 2. The molecule has 48 heavy (non-hydrogen) atoms. The molecule has 4 N–H and O–H groups in total. The highest BCUT2D eigenvalue weighted by Gasteiger charge is 2.23. The summed E-state index contributed by atoms with van der Waals surface area (Å²) in [5, 5.41) is 35.3. The van der Waals surface area contributed by atoms with Gasteiger partial charge in [0.2, 0.25) is 0 Å². The Morgan fingerprint density at radius 3 is 1.48 bits per heavy atom. The fraction of sp³-hybridized carbons (Fsp3) is 0.0476. The van der Waals surface area contributed by atoms with Gasteiger partial charge in [-0.2, -0.15) is 0 Å². The molecule has 7 aromatic rings. The fourth-order valence-electron chi connectivity index (χ4n) is 6.92. The number of aromatic hydroxyl groups is 2. The standard InChI is InChI=1S/C42H30N2O4/c45-35-23-19-27-11-3-7-15-31(27)39(35)37-29-13-5-1-9-25(29)17-21-33(37)43-41(47)42(48)44-34-22-18-26-10-2-6-14-30(26)38(34)40-32-16-8-4-12-28(32)20-24-36(40)46/h1-3,5-7,9-24,45-46H,4,8H2,(H,43,47)(H,44,48). The lowest BCUT2D eigenvalue weighted by atomic mass is 9.91. The number of anilines is 2. The van der Waals surface area contributed by atoms with Crippen molar-refractivity contribution in [1.29, 1.82) is 0 Å². The van der Waals surface area contributed by atoms with Gasteiger partial charge in [-0.25, -0.2) is 0 Å². The summed E-state index contributed by atoms with van der Waals surface area (Å²) in [4.78, 5) is 27.5. The number of carbonyl (C=O) groups excluding carboxylic acids is 2. The number of hydrogen-bond donors (Lipinski definition) is 4. The van der Waals surface area contributed by atoms with Gasteiger partial charge in [0, 0.05) is 33.6 Å². The van der Waals surface area contributed by atoms with Crippen molar-refractivity contribution in [3.8, 4) is 33.8 Å². The number of fused-ring (bicyclic) bond motifs is 4. The van der Waals surface area contributed by atoms with E-state index < -0.39 is 11.8 Å². The van der Waals surface area contributed by atoms with Gasteiger partial charge in [0.25, 0.3) is 0 Å². The summed E-state index contributed by atoms with van der Waals surface area (Å²) in [6.45, 7) is 0. The summed E-state index contributed by atoms with van der Waals surface area (Å²) in [5.74, 6) is -1.59. The minimum Gasteiger partial charge on any atom is -0.507 e. The summed E-state index contributed by atoms with van der Waals surface area (Å²) >= 11 is 0. The van der Waals surface area contributed by atoms with E-state index in [1.165, 1.54) is 0 Å². The van der Waals surface area contributed by atoms with Crippen molar-refractivity contribution in [1.82, 2.24) is 0 Å². The van der Waals surface area contributed by atoms with E-state index in [1.54, 1.807) is 24.3 Å². The van der Waals surface area contributed by atoms with Crippen molar-refractivity contribution >= 4 is 67.7 Å². The lowest BCUT2D eigenvalue weighted by Crippen LogP contribution is -2.31. The monoisotopic (exact) mass is 626 g/mol. The largest absolute Gasteiger partial charge is 0.507 e. The molecule has 0 spiro atoms. The second-order valence-electron chi connectivity index (χ2n) is 12.0. The third kappa shape index (κ3) is 4.91. The van der Waals surface area contributed by atoms with Crippen LogP contribution in [0.4, 0.5) is 11.4 Å². The van der Waals surface area contributed by atoms with Gasteiger partial charge in [-0.15, -0.1) is 0 Å².